The highest BCUT2D eigenvalue weighted by atomic mass is 32.2. The molecule has 1 aliphatic rings. The number of aromatic nitrogens is 3. The number of nitrogens with one attached hydrogen (secondary N) is 1. The maximum Gasteiger partial charge on any atom is 0.191 e. The average Bonchev–Trinajstić information content (AvgIpc) is 2.64. The van der Waals surface area contributed by atoms with Crippen LogP contribution in [0.1, 0.15) is 33.1 Å². The summed E-state index contributed by atoms with van der Waals surface area (Å²) in [6.45, 7) is 4.72. The van der Waals surface area contributed by atoms with Crippen molar-refractivity contribution in [2.75, 3.05) is 7.05 Å². The lowest BCUT2D eigenvalue weighted by Gasteiger charge is -2.43. The van der Waals surface area contributed by atoms with Gasteiger partial charge in [-0.2, -0.15) is 0 Å². The van der Waals surface area contributed by atoms with Crippen LogP contribution in [0.15, 0.2) is 11.5 Å². The van der Waals surface area contributed by atoms with Crippen molar-refractivity contribution in [3.8, 4) is 0 Å². The second-order valence-corrected chi connectivity index (χ2v) is 6.73. The minimum atomic E-state index is 0.364. The Kier molecular flexibility index (Phi) is 3.78. The number of thioether (sulfide) groups is 1. The lowest BCUT2D eigenvalue weighted by atomic mass is 9.73. The molecular weight excluding hydrogens is 232 g/mol. The van der Waals surface area contributed by atoms with E-state index in [4.69, 9.17) is 0 Å². The van der Waals surface area contributed by atoms with E-state index in [0.717, 1.165) is 5.16 Å². The van der Waals surface area contributed by atoms with E-state index in [0.29, 0.717) is 16.7 Å². The van der Waals surface area contributed by atoms with Crippen LogP contribution in [0.4, 0.5) is 0 Å². The molecule has 2 atom stereocenters. The zero-order valence-electron chi connectivity index (χ0n) is 11.1. The van der Waals surface area contributed by atoms with Crippen LogP contribution in [0.3, 0.4) is 0 Å². The van der Waals surface area contributed by atoms with E-state index in [1.807, 2.05) is 23.4 Å². The Morgan fingerprint density at radius 1 is 1.53 bits per heavy atom. The first-order chi connectivity index (χ1) is 8.04. The van der Waals surface area contributed by atoms with Gasteiger partial charge >= 0.3 is 0 Å². The van der Waals surface area contributed by atoms with Crippen LogP contribution in [0.2, 0.25) is 0 Å². The van der Waals surface area contributed by atoms with Crippen LogP contribution >= 0.6 is 11.8 Å². The van der Waals surface area contributed by atoms with Gasteiger partial charge in [-0.15, -0.1) is 10.2 Å². The summed E-state index contributed by atoms with van der Waals surface area (Å²) >= 11 is 1.86. The summed E-state index contributed by atoms with van der Waals surface area (Å²) in [6, 6.07) is 0.540. The smallest absolute Gasteiger partial charge is 0.191 e. The number of aryl methyl sites for hydroxylation is 1. The molecule has 1 aromatic rings. The molecule has 0 spiro atoms. The van der Waals surface area contributed by atoms with Gasteiger partial charge < -0.3 is 9.88 Å². The number of nitrogens with zero attached hydrogens (tertiary/aromatic N) is 3. The molecule has 1 aromatic heterocycles. The van der Waals surface area contributed by atoms with Crippen LogP contribution in [0.5, 0.6) is 0 Å². The minimum Gasteiger partial charge on any atom is -0.315 e. The Hall–Kier alpha value is -0.550. The second kappa shape index (κ2) is 4.98. The fourth-order valence-corrected chi connectivity index (χ4v) is 4.31. The summed E-state index contributed by atoms with van der Waals surface area (Å²) in [7, 11) is 4.08. The van der Waals surface area contributed by atoms with Crippen LogP contribution in [0.25, 0.3) is 0 Å². The lowest BCUT2D eigenvalue weighted by molar-refractivity contribution is 0.182. The van der Waals surface area contributed by atoms with Crippen molar-refractivity contribution >= 4 is 11.8 Å². The predicted octanol–water partition coefficient (Wildman–Crippen LogP) is 2.07. The third kappa shape index (κ3) is 2.65. The average molecular weight is 254 g/mol. The molecule has 0 aromatic carbocycles. The number of hydrogen-bond acceptors (Lipinski definition) is 4. The molecule has 0 amide bonds. The van der Waals surface area contributed by atoms with Gasteiger partial charge in [-0.3, -0.25) is 0 Å². The van der Waals surface area contributed by atoms with Crippen LogP contribution in [0, 0.1) is 5.41 Å². The van der Waals surface area contributed by atoms with E-state index < -0.39 is 0 Å². The fourth-order valence-electron chi connectivity index (χ4n) is 2.80. The maximum atomic E-state index is 4.17. The van der Waals surface area contributed by atoms with Crippen LogP contribution in [-0.4, -0.2) is 33.1 Å². The van der Waals surface area contributed by atoms with Gasteiger partial charge in [0.1, 0.15) is 6.33 Å². The van der Waals surface area contributed by atoms with Crippen molar-refractivity contribution in [3.05, 3.63) is 6.33 Å². The molecule has 0 aliphatic heterocycles. The Morgan fingerprint density at radius 2 is 2.29 bits per heavy atom. The van der Waals surface area contributed by atoms with Gasteiger partial charge in [0.15, 0.2) is 5.16 Å². The van der Waals surface area contributed by atoms with Gasteiger partial charge in [-0.05, 0) is 25.3 Å². The molecule has 1 N–H and O–H groups in total. The van der Waals surface area contributed by atoms with Gasteiger partial charge in [-0.25, -0.2) is 0 Å². The molecule has 17 heavy (non-hydrogen) atoms. The van der Waals surface area contributed by atoms with Gasteiger partial charge in [-0.1, -0.05) is 32.0 Å². The zero-order chi connectivity index (χ0) is 12.5. The van der Waals surface area contributed by atoms with Crippen molar-refractivity contribution in [1.82, 2.24) is 20.1 Å². The minimum absolute atomic E-state index is 0.364. The van der Waals surface area contributed by atoms with E-state index in [9.17, 15) is 0 Å². The van der Waals surface area contributed by atoms with E-state index in [2.05, 4.69) is 36.4 Å². The van der Waals surface area contributed by atoms with Gasteiger partial charge in [0.25, 0.3) is 0 Å². The first-order valence-electron chi connectivity index (χ1n) is 6.22. The van der Waals surface area contributed by atoms with Crippen LogP contribution < -0.4 is 5.32 Å². The van der Waals surface area contributed by atoms with Crippen molar-refractivity contribution < 1.29 is 0 Å². The topological polar surface area (TPSA) is 42.7 Å². The number of rotatable bonds is 3. The van der Waals surface area contributed by atoms with E-state index in [1.54, 1.807) is 6.33 Å². The van der Waals surface area contributed by atoms with Gasteiger partial charge in [0.05, 0.1) is 0 Å². The molecule has 4 nitrogen and oxygen atoms in total. The SMILES string of the molecule is CNC1C(Sc2nncn2C)CCCC1(C)C. The fraction of sp³-hybridized carbons (Fsp3) is 0.833. The molecule has 0 bridgehead atoms. The highest BCUT2D eigenvalue weighted by Crippen LogP contribution is 2.42. The van der Waals surface area contributed by atoms with E-state index in [-0.39, 0.29) is 0 Å². The highest BCUT2D eigenvalue weighted by molar-refractivity contribution is 7.99. The molecule has 1 fully saturated rings. The Bertz CT molecular complexity index is 374. The van der Waals surface area contributed by atoms with Crippen molar-refractivity contribution in [2.24, 2.45) is 12.5 Å². The quantitative estimate of drug-likeness (QED) is 0.897. The molecular formula is C12H22N4S. The maximum absolute atomic E-state index is 4.17. The van der Waals surface area contributed by atoms with Gasteiger partial charge in [0, 0.05) is 18.3 Å². The number of hydrogen-bond donors (Lipinski definition) is 1. The van der Waals surface area contributed by atoms with Crippen LogP contribution in [-0.2, 0) is 7.05 Å². The third-order valence-corrected chi connectivity index (χ3v) is 5.15. The normalized spacial score (nSPS) is 28.2. The highest BCUT2D eigenvalue weighted by Gasteiger charge is 2.38. The largest absolute Gasteiger partial charge is 0.315 e. The Labute approximate surface area is 108 Å². The molecule has 1 saturated carbocycles. The lowest BCUT2D eigenvalue weighted by Crippen LogP contribution is -2.50. The second-order valence-electron chi connectivity index (χ2n) is 5.53. The summed E-state index contributed by atoms with van der Waals surface area (Å²) in [5.74, 6) is 0. The summed E-state index contributed by atoms with van der Waals surface area (Å²) in [5, 5.41) is 13.2. The summed E-state index contributed by atoms with van der Waals surface area (Å²) < 4.78 is 2.00. The predicted molar refractivity (Wildman–Crippen MR) is 71.1 cm³/mol. The van der Waals surface area contributed by atoms with E-state index in [1.165, 1.54) is 19.3 Å². The molecule has 2 rings (SSSR count). The molecule has 0 saturated heterocycles. The molecule has 96 valence electrons. The summed E-state index contributed by atoms with van der Waals surface area (Å²) in [5.41, 5.74) is 0.364. The zero-order valence-corrected chi connectivity index (χ0v) is 11.9. The summed E-state index contributed by atoms with van der Waals surface area (Å²) in [6.07, 6.45) is 5.63. The molecule has 2 unspecified atom stereocenters. The first kappa shape index (κ1) is 12.9. The summed E-state index contributed by atoms with van der Waals surface area (Å²) in [4.78, 5) is 0. The monoisotopic (exact) mass is 254 g/mol. The van der Waals surface area contributed by atoms with E-state index >= 15 is 0 Å². The molecule has 5 heteroatoms. The standard InChI is InChI=1S/C12H22N4S/c1-12(2)7-5-6-9(10(12)13-3)17-11-15-14-8-16(11)4/h8-10,13H,5-7H2,1-4H3. The van der Waals surface area contributed by atoms with Crippen molar-refractivity contribution in [1.29, 1.82) is 0 Å². The Balaban J connectivity index is 2.12. The van der Waals surface area contributed by atoms with Crippen molar-refractivity contribution in [2.45, 2.75) is 49.6 Å². The van der Waals surface area contributed by atoms with Crippen molar-refractivity contribution in [3.63, 3.8) is 0 Å². The third-order valence-electron chi connectivity index (χ3n) is 3.76. The van der Waals surface area contributed by atoms with Gasteiger partial charge in [0.2, 0.25) is 0 Å². The Morgan fingerprint density at radius 3 is 2.88 bits per heavy atom. The molecule has 1 aliphatic carbocycles. The molecule has 1 heterocycles. The molecule has 0 radical (unpaired) electrons. The first-order valence-corrected chi connectivity index (χ1v) is 7.10.